The predicted octanol–water partition coefficient (Wildman–Crippen LogP) is 6.74. The van der Waals surface area contributed by atoms with Crippen molar-refractivity contribution in [3.05, 3.63) is 108 Å². The van der Waals surface area contributed by atoms with Crippen LogP contribution < -0.4 is 5.32 Å². The summed E-state index contributed by atoms with van der Waals surface area (Å²) in [5.74, 6) is -0.0175. The maximum atomic E-state index is 13.9. The van der Waals surface area contributed by atoms with Crippen molar-refractivity contribution in [3.8, 4) is 22.4 Å². The Kier molecular flexibility index (Phi) is 6.00. The van der Waals surface area contributed by atoms with E-state index >= 15 is 0 Å². The Morgan fingerprint density at radius 2 is 1.79 bits per heavy atom. The van der Waals surface area contributed by atoms with Gasteiger partial charge in [0.15, 0.2) is 0 Å². The highest BCUT2D eigenvalue weighted by Gasteiger charge is 2.16. The van der Waals surface area contributed by atoms with Gasteiger partial charge in [-0.25, -0.2) is 4.39 Å². The van der Waals surface area contributed by atoms with Gasteiger partial charge >= 0.3 is 0 Å². The molecular formula is C29H25FN4. The largest absolute Gasteiger partial charge is 0.381 e. The molecule has 0 spiro atoms. The summed E-state index contributed by atoms with van der Waals surface area (Å²) in [5, 5.41) is 3.59. The second-order valence-corrected chi connectivity index (χ2v) is 8.53. The second-order valence-electron chi connectivity index (χ2n) is 8.53. The molecule has 4 aromatic rings. The minimum atomic E-state index is -0.215. The minimum absolute atomic E-state index is 0.198. The highest BCUT2D eigenvalue weighted by molar-refractivity contribution is 5.88. The molecule has 1 aliphatic rings. The maximum absolute atomic E-state index is 13.9. The van der Waals surface area contributed by atoms with E-state index in [-0.39, 0.29) is 11.7 Å². The topological polar surface area (TPSA) is 50.2 Å². The number of aliphatic imine (C=N–C) groups is 1. The zero-order chi connectivity index (χ0) is 23.5. The van der Waals surface area contributed by atoms with E-state index in [0.29, 0.717) is 12.1 Å². The van der Waals surface area contributed by atoms with Crippen LogP contribution in [-0.2, 0) is 6.54 Å². The lowest BCUT2D eigenvalue weighted by molar-refractivity contribution is 0.619. The van der Waals surface area contributed by atoms with Crippen molar-refractivity contribution in [1.82, 2.24) is 15.3 Å². The summed E-state index contributed by atoms with van der Waals surface area (Å²) in [6.45, 7) is 4.56. The average Bonchev–Trinajstić information content (AvgIpc) is 3.03. The molecule has 0 fully saturated rings. The molecule has 1 unspecified atom stereocenters. The van der Waals surface area contributed by atoms with E-state index < -0.39 is 0 Å². The van der Waals surface area contributed by atoms with Crippen molar-refractivity contribution >= 4 is 17.6 Å². The predicted molar refractivity (Wildman–Crippen MR) is 136 cm³/mol. The van der Waals surface area contributed by atoms with Crippen LogP contribution in [0.1, 0.15) is 23.6 Å². The van der Waals surface area contributed by atoms with Crippen LogP contribution in [0.4, 0.5) is 10.1 Å². The number of aryl methyl sites for hydroxylation is 1. The van der Waals surface area contributed by atoms with Crippen LogP contribution in [0, 0.1) is 18.7 Å². The van der Waals surface area contributed by atoms with Crippen molar-refractivity contribution < 1.29 is 4.39 Å². The lowest BCUT2D eigenvalue weighted by atomic mass is 9.95. The van der Waals surface area contributed by atoms with Gasteiger partial charge in [-0.1, -0.05) is 31.2 Å². The first-order valence-electron chi connectivity index (χ1n) is 11.3. The quantitative estimate of drug-likeness (QED) is 0.368. The van der Waals surface area contributed by atoms with Crippen LogP contribution in [0.25, 0.3) is 28.1 Å². The first-order valence-corrected chi connectivity index (χ1v) is 11.3. The van der Waals surface area contributed by atoms with E-state index in [1.807, 2.05) is 36.7 Å². The molecule has 0 bridgehead atoms. The van der Waals surface area contributed by atoms with Gasteiger partial charge in [-0.2, -0.15) is 0 Å². The number of aromatic nitrogens is 2. The first kappa shape index (κ1) is 21.7. The van der Waals surface area contributed by atoms with Crippen LogP contribution in [-0.4, -0.2) is 16.2 Å². The van der Waals surface area contributed by atoms with Gasteiger partial charge in [0.25, 0.3) is 0 Å². The summed E-state index contributed by atoms with van der Waals surface area (Å²) in [7, 11) is 0. The number of nitrogens with zero attached hydrogens (tertiary/aromatic N) is 3. The zero-order valence-electron chi connectivity index (χ0n) is 19.2. The molecular weight excluding hydrogens is 423 g/mol. The van der Waals surface area contributed by atoms with Gasteiger partial charge in [0, 0.05) is 59.7 Å². The van der Waals surface area contributed by atoms with Crippen LogP contribution in [0.5, 0.6) is 0 Å². The zero-order valence-corrected chi connectivity index (χ0v) is 19.2. The summed E-state index contributed by atoms with van der Waals surface area (Å²) >= 11 is 0. The Balaban J connectivity index is 1.56. The Morgan fingerprint density at radius 3 is 2.62 bits per heavy atom. The van der Waals surface area contributed by atoms with Crippen molar-refractivity contribution in [2.75, 3.05) is 0 Å². The monoisotopic (exact) mass is 448 g/mol. The minimum Gasteiger partial charge on any atom is -0.381 e. The molecule has 1 atom stereocenters. The molecule has 0 saturated carbocycles. The number of allylic oxidation sites excluding steroid dienone is 1. The van der Waals surface area contributed by atoms with Gasteiger partial charge in [-0.15, -0.1) is 0 Å². The molecule has 34 heavy (non-hydrogen) atoms. The van der Waals surface area contributed by atoms with Gasteiger partial charge in [0.2, 0.25) is 0 Å². The van der Waals surface area contributed by atoms with Gasteiger partial charge in [0.05, 0.1) is 11.4 Å². The molecule has 1 aliphatic heterocycles. The summed E-state index contributed by atoms with van der Waals surface area (Å²) < 4.78 is 13.9. The number of benzene rings is 2. The lowest BCUT2D eigenvalue weighted by Crippen LogP contribution is -2.13. The smallest absolute Gasteiger partial charge is 0.126 e. The average molecular weight is 449 g/mol. The fourth-order valence-corrected chi connectivity index (χ4v) is 4.14. The van der Waals surface area contributed by atoms with Gasteiger partial charge in [0.1, 0.15) is 5.82 Å². The molecule has 0 aliphatic carbocycles. The number of nitrogens with one attached hydrogen (secondary N) is 1. The summed E-state index contributed by atoms with van der Waals surface area (Å²) in [5.41, 5.74) is 8.43. The van der Waals surface area contributed by atoms with Crippen molar-refractivity contribution in [2.45, 2.75) is 20.4 Å². The Hall–Kier alpha value is -4.12. The lowest BCUT2D eigenvalue weighted by Gasteiger charge is -2.16. The van der Waals surface area contributed by atoms with E-state index in [2.05, 4.69) is 52.5 Å². The highest BCUT2D eigenvalue weighted by atomic mass is 19.1. The summed E-state index contributed by atoms with van der Waals surface area (Å²) in [4.78, 5) is 13.6. The summed E-state index contributed by atoms with van der Waals surface area (Å²) in [6.07, 6.45) is 9.58. The molecule has 4 nitrogen and oxygen atoms in total. The van der Waals surface area contributed by atoms with Crippen LogP contribution in [0.3, 0.4) is 0 Å². The van der Waals surface area contributed by atoms with Crippen molar-refractivity contribution in [2.24, 2.45) is 10.9 Å². The second kappa shape index (κ2) is 9.40. The van der Waals surface area contributed by atoms with Gasteiger partial charge in [-0.3, -0.25) is 15.0 Å². The summed E-state index contributed by atoms with van der Waals surface area (Å²) in [6, 6.07) is 19.4. The van der Waals surface area contributed by atoms with Crippen LogP contribution >= 0.6 is 0 Å². The van der Waals surface area contributed by atoms with Gasteiger partial charge < -0.3 is 5.32 Å². The molecule has 5 heteroatoms. The Labute approximate surface area is 199 Å². The fourth-order valence-electron chi connectivity index (χ4n) is 4.14. The third kappa shape index (κ3) is 4.50. The molecule has 5 rings (SSSR count). The SMILES string of the molecule is Cc1cc(-c2ncccc2-c2ccc3c(c2)C(NCc2cccnc2)=CC(C)C=N3)ccc1F. The third-order valence-corrected chi connectivity index (χ3v) is 5.92. The number of rotatable bonds is 5. The molecule has 3 heterocycles. The molecule has 168 valence electrons. The van der Waals surface area contributed by atoms with Crippen LogP contribution in [0.15, 0.2) is 90.3 Å². The Morgan fingerprint density at radius 1 is 0.941 bits per heavy atom. The molecule has 0 radical (unpaired) electrons. The molecule has 0 amide bonds. The van der Waals surface area contributed by atoms with Crippen LogP contribution in [0.2, 0.25) is 0 Å². The van der Waals surface area contributed by atoms with E-state index in [4.69, 9.17) is 4.99 Å². The number of hydrogen-bond donors (Lipinski definition) is 1. The molecule has 2 aromatic carbocycles. The highest BCUT2D eigenvalue weighted by Crippen LogP contribution is 2.36. The van der Waals surface area contributed by atoms with E-state index in [9.17, 15) is 4.39 Å². The van der Waals surface area contributed by atoms with E-state index in [1.54, 1.807) is 25.4 Å². The number of halogens is 1. The van der Waals surface area contributed by atoms with Crippen molar-refractivity contribution in [3.63, 3.8) is 0 Å². The number of fused-ring (bicyclic) bond motifs is 1. The van der Waals surface area contributed by atoms with E-state index in [1.165, 1.54) is 6.07 Å². The number of hydrogen-bond acceptors (Lipinski definition) is 4. The third-order valence-electron chi connectivity index (χ3n) is 5.92. The normalized spacial score (nSPS) is 14.8. The molecule has 1 N–H and O–H groups in total. The molecule has 2 aromatic heterocycles. The maximum Gasteiger partial charge on any atom is 0.126 e. The number of pyridine rings is 2. The first-order chi connectivity index (χ1) is 16.6. The Bertz CT molecular complexity index is 1390. The standard InChI is InChI=1S/C29H25FN4/c1-19-13-28(34-18-21-5-3-11-31-17-21)25-15-22(8-10-27(25)33-16-19)24-6-4-12-32-29(24)23-7-9-26(30)20(2)14-23/h3-17,19,34H,18H2,1-2H3. The van der Waals surface area contributed by atoms with Crippen molar-refractivity contribution in [1.29, 1.82) is 0 Å². The van der Waals surface area contributed by atoms with E-state index in [0.717, 1.165) is 44.9 Å². The molecule has 0 saturated heterocycles. The fraction of sp³-hybridized carbons (Fsp3) is 0.138. The van der Waals surface area contributed by atoms with Gasteiger partial charge in [-0.05, 0) is 66.1 Å².